The van der Waals surface area contributed by atoms with Crippen LogP contribution in [0.4, 0.5) is 15.6 Å². The first-order valence-electron chi connectivity index (χ1n) is 7.40. The van der Waals surface area contributed by atoms with Gasteiger partial charge in [0.05, 0.1) is 0 Å². The number of nitrogens with zero attached hydrogens (tertiary/aromatic N) is 3. The van der Waals surface area contributed by atoms with Crippen molar-refractivity contribution >= 4 is 34.1 Å². The number of carbonyl (C=O) groups is 2. The summed E-state index contributed by atoms with van der Waals surface area (Å²) in [6.07, 6.45) is 1.31. The van der Waals surface area contributed by atoms with Crippen LogP contribution in [0.1, 0.15) is 12.8 Å². The van der Waals surface area contributed by atoms with Gasteiger partial charge in [0.2, 0.25) is 11.0 Å². The molecular weight excluding hydrogens is 314 g/mol. The van der Waals surface area contributed by atoms with Crippen molar-refractivity contribution in [3.63, 3.8) is 0 Å². The molecule has 0 spiro atoms. The Morgan fingerprint density at radius 1 is 1.13 bits per heavy atom. The van der Waals surface area contributed by atoms with Gasteiger partial charge in [-0.3, -0.25) is 10.1 Å². The summed E-state index contributed by atoms with van der Waals surface area (Å²) >= 11 is 1.28. The number of likely N-dealkylation sites (tertiary alicyclic amines) is 1. The van der Waals surface area contributed by atoms with Crippen LogP contribution < -0.4 is 10.6 Å². The zero-order chi connectivity index (χ0) is 16.1. The number of benzene rings is 1. The van der Waals surface area contributed by atoms with Crippen LogP contribution in [0.3, 0.4) is 0 Å². The van der Waals surface area contributed by atoms with Crippen molar-refractivity contribution in [1.82, 2.24) is 15.1 Å². The average molecular weight is 331 g/mol. The summed E-state index contributed by atoms with van der Waals surface area (Å²) in [5.41, 5.74) is 2.37. The highest BCUT2D eigenvalue weighted by Gasteiger charge is 2.27. The Hall–Kier alpha value is -2.48. The molecule has 0 bridgehead atoms. The van der Waals surface area contributed by atoms with Crippen molar-refractivity contribution in [3.8, 4) is 0 Å². The summed E-state index contributed by atoms with van der Waals surface area (Å²) in [4.78, 5) is 26.0. The molecule has 2 N–H and O–H groups in total. The molecule has 1 aromatic carbocycles. The maximum atomic E-state index is 12.3. The molecule has 1 aliphatic rings. The predicted octanol–water partition coefficient (Wildman–Crippen LogP) is 2.42. The van der Waals surface area contributed by atoms with Crippen LogP contribution in [-0.4, -0.2) is 40.1 Å². The molecule has 3 amide bonds. The molecule has 3 rings (SSSR count). The Balaban J connectivity index is 1.48. The van der Waals surface area contributed by atoms with E-state index < -0.39 is 0 Å². The minimum atomic E-state index is -0.191. The number of piperidine rings is 1. The first kappa shape index (κ1) is 15.4. The summed E-state index contributed by atoms with van der Waals surface area (Å²) in [5, 5.41) is 13.6. The van der Waals surface area contributed by atoms with Gasteiger partial charge in [-0.25, -0.2) is 4.79 Å². The van der Waals surface area contributed by atoms with E-state index in [0.717, 1.165) is 5.69 Å². The number of amides is 3. The van der Waals surface area contributed by atoms with E-state index >= 15 is 0 Å². The van der Waals surface area contributed by atoms with Crippen molar-refractivity contribution in [2.45, 2.75) is 12.8 Å². The van der Waals surface area contributed by atoms with Crippen molar-refractivity contribution < 1.29 is 9.59 Å². The predicted molar refractivity (Wildman–Crippen MR) is 88.3 cm³/mol. The second kappa shape index (κ2) is 7.19. The molecule has 2 heterocycles. The Bertz CT molecular complexity index is 654. The summed E-state index contributed by atoms with van der Waals surface area (Å²) in [5.74, 6) is -0.0545. The Labute approximate surface area is 137 Å². The van der Waals surface area contributed by atoms with Crippen LogP contribution in [0.5, 0.6) is 0 Å². The van der Waals surface area contributed by atoms with Crippen molar-refractivity contribution in [2.75, 3.05) is 23.7 Å². The lowest BCUT2D eigenvalue weighted by molar-refractivity contribution is -0.121. The monoisotopic (exact) mass is 331 g/mol. The minimum Gasteiger partial charge on any atom is -0.326 e. The summed E-state index contributed by atoms with van der Waals surface area (Å²) < 4.78 is 0. The lowest BCUT2D eigenvalue weighted by atomic mass is 9.96. The first-order valence-corrected chi connectivity index (χ1v) is 8.28. The zero-order valence-corrected chi connectivity index (χ0v) is 13.3. The van der Waals surface area contributed by atoms with Crippen LogP contribution in [-0.2, 0) is 4.79 Å². The van der Waals surface area contributed by atoms with E-state index in [1.54, 1.807) is 10.4 Å². The van der Waals surface area contributed by atoms with E-state index in [9.17, 15) is 9.59 Å². The van der Waals surface area contributed by atoms with Gasteiger partial charge in [-0.15, -0.1) is 10.2 Å². The molecule has 1 saturated heterocycles. The van der Waals surface area contributed by atoms with Crippen LogP contribution in [0.2, 0.25) is 0 Å². The molecule has 0 saturated carbocycles. The first-order chi connectivity index (χ1) is 11.2. The molecule has 1 aromatic heterocycles. The summed E-state index contributed by atoms with van der Waals surface area (Å²) in [6.45, 7) is 1.11. The zero-order valence-electron chi connectivity index (χ0n) is 12.4. The van der Waals surface area contributed by atoms with Crippen LogP contribution in [0.15, 0.2) is 35.8 Å². The molecule has 7 nitrogen and oxygen atoms in total. The fraction of sp³-hybridized carbons (Fsp3) is 0.333. The molecule has 8 heteroatoms. The lowest BCUT2D eigenvalue weighted by Gasteiger charge is -2.31. The van der Waals surface area contributed by atoms with Gasteiger partial charge in [-0.05, 0) is 25.0 Å². The molecule has 2 aromatic rings. The van der Waals surface area contributed by atoms with Crippen LogP contribution in [0.25, 0.3) is 0 Å². The largest absolute Gasteiger partial charge is 0.326 e. The third-order valence-corrected chi connectivity index (χ3v) is 4.37. The summed E-state index contributed by atoms with van der Waals surface area (Å²) in [6, 6.07) is 9.21. The van der Waals surface area contributed by atoms with E-state index in [1.165, 1.54) is 11.3 Å². The number of rotatable bonds is 3. The van der Waals surface area contributed by atoms with E-state index in [0.29, 0.717) is 31.1 Å². The molecule has 0 atom stereocenters. The molecule has 120 valence electrons. The van der Waals surface area contributed by atoms with E-state index in [1.807, 2.05) is 30.3 Å². The van der Waals surface area contributed by atoms with Gasteiger partial charge in [0.25, 0.3) is 0 Å². The lowest BCUT2D eigenvalue weighted by Crippen LogP contribution is -2.43. The number of aromatic nitrogens is 2. The fourth-order valence-corrected chi connectivity index (χ4v) is 2.94. The normalized spacial score (nSPS) is 15.2. The van der Waals surface area contributed by atoms with Crippen molar-refractivity contribution in [1.29, 1.82) is 0 Å². The number of para-hydroxylation sites is 1. The Morgan fingerprint density at radius 2 is 1.87 bits per heavy atom. The maximum absolute atomic E-state index is 12.3. The number of anilines is 2. The molecule has 0 radical (unpaired) electrons. The Morgan fingerprint density at radius 3 is 2.52 bits per heavy atom. The topological polar surface area (TPSA) is 87.2 Å². The third-order valence-electron chi connectivity index (χ3n) is 3.77. The van der Waals surface area contributed by atoms with Gasteiger partial charge in [0, 0.05) is 24.7 Å². The fourth-order valence-electron chi connectivity index (χ4n) is 2.51. The smallest absolute Gasteiger partial charge is 0.323 e. The molecule has 0 unspecified atom stereocenters. The quantitative estimate of drug-likeness (QED) is 0.904. The highest BCUT2D eigenvalue weighted by atomic mass is 32.1. The number of urea groups is 1. The third kappa shape index (κ3) is 4.04. The number of hydrogen-bond acceptors (Lipinski definition) is 5. The number of nitrogens with one attached hydrogen (secondary N) is 2. The SMILES string of the molecule is O=C(Nc1ccccc1)C1CCN(C(=O)Nc2nncs2)CC1. The maximum Gasteiger partial charge on any atom is 0.323 e. The number of carbonyl (C=O) groups excluding carboxylic acids is 2. The van der Waals surface area contributed by atoms with Crippen LogP contribution in [0, 0.1) is 5.92 Å². The molecule has 1 aliphatic heterocycles. The molecule has 1 fully saturated rings. The van der Waals surface area contributed by atoms with E-state index in [4.69, 9.17) is 0 Å². The average Bonchev–Trinajstić information content (AvgIpc) is 3.09. The van der Waals surface area contributed by atoms with Crippen LogP contribution >= 0.6 is 11.3 Å². The summed E-state index contributed by atoms with van der Waals surface area (Å²) in [7, 11) is 0. The van der Waals surface area contributed by atoms with Gasteiger partial charge < -0.3 is 10.2 Å². The minimum absolute atomic E-state index is 0.0142. The second-order valence-electron chi connectivity index (χ2n) is 5.29. The van der Waals surface area contributed by atoms with Gasteiger partial charge in [-0.1, -0.05) is 29.5 Å². The standard InChI is InChI=1S/C15H17N5O2S/c21-13(17-12-4-2-1-3-5-12)11-6-8-20(9-7-11)15(22)18-14-19-16-10-23-14/h1-5,10-11H,6-9H2,(H,17,21)(H,18,19,22). The van der Waals surface area contributed by atoms with Gasteiger partial charge in [-0.2, -0.15) is 0 Å². The van der Waals surface area contributed by atoms with Gasteiger partial charge >= 0.3 is 6.03 Å². The van der Waals surface area contributed by atoms with Crippen molar-refractivity contribution in [2.24, 2.45) is 5.92 Å². The highest BCUT2D eigenvalue weighted by Crippen LogP contribution is 2.20. The number of hydrogen-bond donors (Lipinski definition) is 2. The van der Waals surface area contributed by atoms with Crippen molar-refractivity contribution in [3.05, 3.63) is 35.8 Å². The van der Waals surface area contributed by atoms with Gasteiger partial charge in [0.15, 0.2) is 0 Å². The second-order valence-corrected chi connectivity index (χ2v) is 6.12. The van der Waals surface area contributed by atoms with Gasteiger partial charge in [0.1, 0.15) is 5.51 Å². The van der Waals surface area contributed by atoms with E-state index in [2.05, 4.69) is 20.8 Å². The molecule has 23 heavy (non-hydrogen) atoms. The molecule has 0 aliphatic carbocycles. The molecular formula is C15H17N5O2S. The highest BCUT2D eigenvalue weighted by molar-refractivity contribution is 7.13. The Kier molecular flexibility index (Phi) is 4.82. The van der Waals surface area contributed by atoms with E-state index in [-0.39, 0.29) is 17.9 Å².